The lowest BCUT2D eigenvalue weighted by Crippen LogP contribution is -2.61. The summed E-state index contributed by atoms with van der Waals surface area (Å²) in [6.45, 7) is 1.43. The van der Waals surface area contributed by atoms with Gasteiger partial charge in [0.2, 0.25) is 10.0 Å². The summed E-state index contributed by atoms with van der Waals surface area (Å²) in [5.41, 5.74) is -1.05. The Labute approximate surface area is 114 Å². The van der Waals surface area contributed by atoms with Gasteiger partial charge in [0.25, 0.3) is 0 Å². The van der Waals surface area contributed by atoms with E-state index in [1.165, 1.54) is 6.92 Å². The maximum absolute atomic E-state index is 13.5. The molecule has 2 rings (SSSR count). The number of nitrogens with zero attached hydrogens (tertiary/aromatic N) is 1. The number of benzene rings is 1. The largest absolute Gasteiger partial charge is 0.387 e. The molecule has 4 nitrogen and oxygen atoms in total. The Hall–Kier alpha value is -0.400. The zero-order valence-corrected chi connectivity index (χ0v) is 11.7. The van der Waals surface area contributed by atoms with Crippen LogP contribution in [0.2, 0.25) is 10.0 Å². The fourth-order valence-electron chi connectivity index (χ4n) is 1.73. The van der Waals surface area contributed by atoms with Crippen LogP contribution >= 0.6 is 23.2 Å². The Morgan fingerprint density at radius 3 is 2.44 bits per heavy atom. The zero-order chi connectivity index (χ0) is 13.7. The molecular weight excluding hydrogens is 304 g/mol. The molecule has 1 aliphatic rings. The molecular formula is C10H10Cl2FNO3S. The van der Waals surface area contributed by atoms with Gasteiger partial charge in [-0.2, -0.15) is 4.31 Å². The summed E-state index contributed by atoms with van der Waals surface area (Å²) >= 11 is 11.2. The lowest BCUT2D eigenvalue weighted by atomic mass is 10.0. The van der Waals surface area contributed by atoms with E-state index in [1.54, 1.807) is 0 Å². The lowest BCUT2D eigenvalue weighted by molar-refractivity contribution is -0.0426. The van der Waals surface area contributed by atoms with Gasteiger partial charge in [0.15, 0.2) is 5.82 Å². The average molecular weight is 314 g/mol. The van der Waals surface area contributed by atoms with Crippen LogP contribution in [0.3, 0.4) is 0 Å². The summed E-state index contributed by atoms with van der Waals surface area (Å²) in [5, 5.41) is 8.75. The van der Waals surface area contributed by atoms with E-state index < -0.39 is 26.5 Å². The SMILES string of the molecule is CC1(O)CN(S(=O)(=O)c2ccc(Cl)c(F)c2Cl)C1. The molecule has 0 aromatic heterocycles. The number of hydrogen-bond acceptors (Lipinski definition) is 3. The van der Waals surface area contributed by atoms with Crippen LogP contribution < -0.4 is 0 Å². The minimum atomic E-state index is -3.90. The van der Waals surface area contributed by atoms with Gasteiger partial charge in [-0.1, -0.05) is 23.2 Å². The molecule has 18 heavy (non-hydrogen) atoms. The zero-order valence-electron chi connectivity index (χ0n) is 9.32. The van der Waals surface area contributed by atoms with Gasteiger partial charge in [-0.05, 0) is 19.1 Å². The molecule has 1 aliphatic heterocycles. The van der Waals surface area contributed by atoms with E-state index in [0.29, 0.717) is 0 Å². The van der Waals surface area contributed by atoms with Crippen molar-refractivity contribution >= 4 is 33.2 Å². The Morgan fingerprint density at radius 2 is 1.94 bits per heavy atom. The molecule has 0 unspecified atom stereocenters. The Bertz CT molecular complexity index is 595. The predicted molar refractivity (Wildman–Crippen MR) is 65.8 cm³/mol. The highest BCUT2D eigenvalue weighted by Crippen LogP contribution is 2.34. The molecule has 0 aliphatic carbocycles. The third-order valence-electron chi connectivity index (χ3n) is 2.65. The van der Waals surface area contributed by atoms with Crippen LogP contribution in [0.4, 0.5) is 4.39 Å². The second-order valence-electron chi connectivity index (χ2n) is 4.44. The summed E-state index contributed by atoms with van der Waals surface area (Å²) in [6.07, 6.45) is 0. The average Bonchev–Trinajstić information content (AvgIpc) is 2.22. The first-order valence-electron chi connectivity index (χ1n) is 5.01. The van der Waals surface area contributed by atoms with Gasteiger partial charge >= 0.3 is 0 Å². The van der Waals surface area contributed by atoms with E-state index in [1.807, 2.05) is 0 Å². The Kier molecular flexibility index (Phi) is 3.36. The minimum Gasteiger partial charge on any atom is -0.387 e. The van der Waals surface area contributed by atoms with Gasteiger partial charge in [-0.25, -0.2) is 12.8 Å². The normalized spacial score (nSPS) is 19.6. The molecule has 1 fully saturated rings. The summed E-state index contributed by atoms with van der Waals surface area (Å²) in [4.78, 5) is -0.346. The quantitative estimate of drug-likeness (QED) is 0.848. The van der Waals surface area contributed by atoms with Crippen molar-refractivity contribution in [2.24, 2.45) is 0 Å². The van der Waals surface area contributed by atoms with E-state index in [0.717, 1.165) is 16.4 Å². The van der Waals surface area contributed by atoms with Crippen molar-refractivity contribution in [3.8, 4) is 0 Å². The number of sulfonamides is 1. The molecule has 8 heteroatoms. The highest BCUT2D eigenvalue weighted by atomic mass is 35.5. The minimum absolute atomic E-state index is 0.0457. The molecule has 0 atom stereocenters. The fraction of sp³-hybridized carbons (Fsp3) is 0.400. The molecule has 0 spiro atoms. The molecule has 1 aromatic rings. The highest BCUT2D eigenvalue weighted by Gasteiger charge is 2.44. The molecule has 1 saturated heterocycles. The predicted octanol–water partition coefficient (Wildman–Crippen LogP) is 1.89. The van der Waals surface area contributed by atoms with Crippen molar-refractivity contribution in [1.29, 1.82) is 0 Å². The number of halogens is 3. The molecule has 1 aromatic carbocycles. The first-order chi connectivity index (χ1) is 8.15. The smallest absolute Gasteiger partial charge is 0.244 e. The van der Waals surface area contributed by atoms with E-state index in [2.05, 4.69) is 0 Å². The van der Waals surface area contributed by atoms with Crippen LogP contribution in [-0.4, -0.2) is 36.5 Å². The van der Waals surface area contributed by atoms with Crippen LogP contribution in [0.1, 0.15) is 6.92 Å². The highest BCUT2D eigenvalue weighted by molar-refractivity contribution is 7.89. The molecule has 1 N–H and O–H groups in total. The van der Waals surface area contributed by atoms with Crippen LogP contribution in [0.15, 0.2) is 17.0 Å². The van der Waals surface area contributed by atoms with Gasteiger partial charge in [0.1, 0.15) is 4.90 Å². The van der Waals surface area contributed by atoms with Crippen molar-refractivity contribution in [2.45, 2.75) is 17.4 Å². The van der Waals surface area contributed by atoms with E-state index in [4.69, 9.17) is 23.2 Å². The van der Waals surface area contributed by atoms with Crippen molar-refractivity contribution in [3.63, 3.8) is 0 Å². The summed E-state index contributed by atoms with van der Waals surface area (Å²) in [5.74, 6) is -0.966. The van der Waals surface area contributed by atoms with Crippen molar-refractivity contribution in [1.82, 2.24) is 4.31 Å². The number of aliphatic hydroxyl groups is 1. The van der Waals surface area contributed by atoms with E-state index >= 15 is 0 Å². The van der Waals surface area contributed by atoms with Crippen molar-refractivity contribution in [3.05, 3.63) is 28.0 Å². The summed E-state index contributed by atoms with van der Waals surface area (Å²) in [7, 11) is -3.90. The number of β-amino-alcohol motifs (C(OH)–C–C–N with tert-alkyl or cyclic N) is 1. The fourth-order valence-corrected chi connectivity index (χ4v) is 4.12. The molecule has 0 amide bonds. The lowest BCUT2D eigenvalue weighted by Gasteiger charge is -2.42. The molecule has 0 bridgehead atoms. The maximum atomic E-state index is 13.5. The molecule has 0 saturated carbocycles. The monoisotopic (exact) mass is 313 g/mol. The second-order valence-corrected chi connectivity index (χ2v) is 7.14. The van der Waals surface area contributed by atoms with Gasteiger partial charge < -0.3 is 5.11 Å². The van der Waals surface area contributed by atoms with Crippen LogP contribution in [-0.2, 0) is 10.0 Å². The Balaban J connectivity index is 2.41. The summed E-state index contributed by atoms with van der Waals surface area (Å²) < 4.78 is 38.7. The Morgan fingerprint density at radius 1 is 1.39 bits per heavy atom. The third-order valence-corrected chi connectivity index (χ3v) is 5.26. The molecule has 1 heterocycles. The molecule has 100 valence electrons. The van der Waals surface area contributed by atoms with Crippen LogP contribution in [0.5, 0.6) is 0 Å². The van der Waals surface area contributed by atoms with Gasteiger partial charge in [-0.15, -0.1) is 0 Å². The second kappa shape index (κ2) is 4.31. The maximum Gasteiger partial charge on any atom is 0.244 e. The summed E-state index contributed by atoms with van der Waals surface area (Å²) in [6, 6.07) is 2.28. The topological polar surface area (TPSA) is 57.6 Å². The van der Waals surface area contributed by atoms with Crippen molar-refractivity contribution < 1.29 is 17.9 Å². The van der Waals surface area contributed by atoms with Crippen molar-refractivity contribution in [2.75, 3.05) is 13.1 Å². The van der Waals surface area contributed by atoms with Gasteiger partial charge in [0.05, 0.1) is 15.6 Å². The number of hydrogen-bond donors (Lipinski definition) is 1. The first kappa shape index (κ1) is 14.0. The number of rotatable bonds is 2. The van der Waals surface area contributed by atoms with Gasteiger partial charge in [0, 0.05) is 13.1 Å². The van der Waals surface area contributed by atoms with E-state index in [-0.39, 0.29) is 23.0 Å². The third kappa shape index (κ3) is 2.23. The van der Waals surface area contributed by atoms with E-state index in [9.17, 15) is 17.9 Å². The standard InChI is InChI=1S/C10H10Cl2FNO3S/c1-10(15)4-14(5-10)18(16,17)7-3-2-6(11)9(13)8(7)12/h2-3,15H,4-5H2,1H3. The molecule has 0 radical (unpaired) electrons. The van der Waals surface area contributed by atoms with Gasteiger partial charge in [-0.3, -0.25) is 0 Å². The van der Waals surface area contributed by atoms with Crippen LogP contribution in [0.25, 0.3) is 0 Å². The van der Waals surface area contributed by atoms with Crippen LogP contribution in [0, 0.1) is 5.82 Å². The first-order valence-corrected chi connectivity index (χ1v) is 7.21.